The van der Waals surface area contributed by atoms with Crippen molar-refractivity contribution < 1.29 is 19.1 Å². The fourth-order valence-corrected chi connectivity index (χ4v) is 6.81. The lowest BCUT2D eigenvalue weighted by atomic mass is 10.0. The molecular weight excluding hydrogens is 572 g/mol. The molecule has 0 radical (unpaired) electrons. The van der Waals surface area contributed by atoms with Crippen LogP contribution in [0.1, 0.15) is 102 Å². The van der Waals surface area contributed by atoms with Crippen LogP contribution in [0.2, 0.25) is 0 Å². The number of piperazine rings is 1. The van der Waals surface area contributed by atoms with E-state index in [0.29, 0.717) is 17.8 Å². The summed E-state index contributed by atoms with van der Waals surface area (Å²) < 4.78 is 12.2. The first-order valence-electron chi connectivity index (χ1n) is 16.8. The third-order valence-electron chi connectivity index (χ3n) is 8.42. The monoisotopic (exact) mass is 624 g/mol. The second-order valence-corrected chi connectivity index (χ2v) is 13.4. The highest BCUT2D eigenvalue weighted by Crippen LogP contribution is 2.34. The Morgan fingerprint density at radius 1 is 0.886 bits per heavy atom. The molecule has 44 heavy (non-hydrogen) atoms. The largest absolute Gasteiger partial charge is 0.425 e. The van der Waals surface area contributed by atoms with Crippen LogP contribution in [0.25, 0.3) is 5.82 Å². The molecule has 1 amide bonds. The molecule has 1 aromatic heterocycles. The number of thiophene rings is 1. The van der Waals surface area contributed by atoms with Gasteiger partial charge in [-0.15, -0.1) is 11.3 Å². The van der Waals surface area contributed by atoms with Crippen molar-refractivity contribution in [3.8, 4) is 0 Å². The van der Waals surface area contributed by atoms with E-state index < -0.39 is 12.4 Å². The van der Waals surface area contributed by atoms with Crippen LogP contribution in [-0.4, -0.2) is 61.4 Å². The van der Waals surface area contributed by atoms with Gasteiger partial charge >= 0.3 is 12.1 Å². The Bertz CT molecular complexity index is 1330. The molecule has 1 saturated heterocycles. The number of carbonyl (C=O) groups is 2. The molecule has 0 spiro atoms. The summed E-state index contributed by atoms with van der Waals surface area (Å²) >= 11 is 1.62. The Balaban J connectivity index is 1.31. The Kier molecular flexibility index (Phi) is 13.5. The lowest BCUT2D eigenvalue weighted by molar-refractivity contribution is -0.164. The number of para-hydroxylation sites is 2. The number of aryl methyl sites for hydroxylation is 1. The van der Waals surface area contributed by atoms with Crippen LogP contribution < -0.4 is 14.8 Å². The van der Waals surface area contributed by atoms with Gasteiger partial charge in [-0.3, -0.25) is 4.79 Å². The number of hydrogen-bond acceptors (Lipinski definition) is 8. The highest BCUT2D eigenvalue weighted by molar-refractivity contribution is 7.09. The molecule has 1 fully saturated rings. The molecule has 4 rings (SSSR count). The number of likely N-dealkylation sites (N-methyl/N-ethyl adjacent to an activating group) is 1. The summed E-state index contributed by atoms with van der Waals surface area (Å²) in [5.74, 6) is 0.439. The minimum Gasteiger partial charge on any atom is -0.425 e. The molecule has 0 saturated carbocycles. The zero-order valence-electron chi connectivity index (χ0n) is 27.3. The Morgan fingerprint density at radius 3 is 2.16 bits per heavy atom. The quantitative estimate of drug-likeness (QED) is 0.111. The Hall–Kier alpha value is -2.91. The molecule has 8 nitrogen and oxygen atoms in total. The van der Waals surface area contributed by atoms with Gasteiger partial charge in [0.15, 0.2) is 0 Å². The van der Waals surface area contributed by atoms with E-state index in [1.54, 1.807) is 23.2 Å². The molecule has 0 aliphatic carbocycles. The lowest BCUT2D eigenvalue weighted by Crippen LogP contribution is -2.51. The highest BCUT2D eigenvalue weighted by Gasteiger charge is 2.33. The number of carbonyl (C=O) groups excluding carboxylic acids is 2. The number of hydrogen-bond donors (Lipinski definition) is 0. The fourth-order valence-electron chi connectivity index (χ4n) is 5.92. The topological polar surface area (TPSA) is 74.7 Å². The van der Waals surface area contributed by atoms with Gasteiger partial charge < -0.3 is 19.3 Å². The standard InChI is InChI=1S/C35H52N4O4S/c1-5-6-7-8-9-10-11-12-13-14-15-16-21-32(40)42-28(3)43-35(41)39-31-20-18-17-19-30(31)36-33-29(26-27(2)44-33)34(39)38-24-22-37(4)23-25-38/h17-20,26,28H,5-16,21-25H2,1-4H3. The average Bonchev–Trinajstić information content (AvgIpc) is 3.30. The van der Waals surface area contributed by atoms with E-state index in [4.69, 9.17) is 14.5 Å². The van der Waals surface area contributed by atoms with E-state index >= 15 is 0 Å². The van der Waals surface area contributed by atoms with Gasteiger partial charge in [0.1, 0.15) is 10.5 Å². The van der Waals surface area contributed by atoms with E-state index in [0.717, 1.165) is 66.0 Å². The molecule has 2 aliphatic rings. The first kappa shape index (κ1) is 34.0. The average molecular weight is 625 g/mol. The Morgan fingerprint density at radius 2 is 1.50 bits per heavy atom. The zero-order valence-corrected chi connectivity index (χ0v) is 28.1. The van der Waals surface area contributed by atoms with Crippen molar-refractivity contribution in [3.05, 3.63) is 45.1 Å². The van der Waals surface area contributed by atoms with E-state index in [9.17, 15) is 9.59 Å². The number of esters is 1. The van der Waals surface area contributed by atoms with Gasteiger partial charge in [-0.25, -0.2) is 14.7 Å². The van der Waals surface area contributed by atoms with E-state index in [1.807, 2.05) is 24.3 Å². The maximum Gasteiger partial charge on any atom is 0.423 e. The number of fused-ring (bicyclic) bond motifs is 2. The Labute approximate surface area is 267 Å². The van der Waals surface area contributed by atoms with Gasteiger partial charge in [0, 0.05) is 44.4 Å². The number of unbranched alkanes of at least 4 members (excludes halogenated alkanes) is 11. The summed E-state index contributed by atoms with van der Waals surface area (Å²) in [6.45, 7) is 9.25. The predicted molar refractivity (Wildman–Crippen MR) is 179 cm³/mol. The lowest BCUT2D eigenvalue weighted by Gasteiger charge is -2.39. The first-order chi connectivity index (χ1) is 21.4. The third kappa shape index (κ3) is 9.80. The molecule has 1 atom stereocenters. The smallest absolute Gasteiger partial charge is 0.423 e. The van der Waals surface area contributed by atoms with Crippen molar-refractivity contribution in [2.45, 2.75) is 111 Å². The SMILES string of the molecule is CCCCCCCCCCCCCCC(=O)OC(C)OC(=O)N1C(N2CCN(C)CC2)=c2cc(C)sc2=Nc2ccccc21. The molecule has 2 aliphatic heterocycles. The summed E-state index contributed by atoms with van der Waals surface area (Å²) in [6.07, 6.45) is 13.6. The van der Waals surface area contributed by atoms with Gasteiger partial charge in [0.25, 0.3) is 0 Å². The summed E-state index contributed by atoms with van der Waals surface area (Å²) in [5, 5.41) is 0.918. The van der Waals surface area contributed by atoms with Crippen LogP contribution in [0, 0.1) is 6.92 Å². The van der Waals surface area contributed by atoms with E-state index in [-0.39, 0.29) is 5.97 Å². The van der Waals surface area contributed by atoms with E-state index in [2.05, 4.69) is 36.8 Å². The van der Waals surface area contributed by atoms with Crippen LogP contribution in [0.5, 0.6) is 0 Å². The molecule has 0 bridgehead atoms. The van der Waals surface area contributed by atoms with Crippen LogP contribution in [-0.2, 0) is 14.3 Å². The predicted octanol–water partition coefficient (Wildman–Crippen LogP) is 7.26. The minimum atomic E-state index is -1.00. The van der Waals surface area contributed by atoms with Crippen LogP contribution in [0.4, 0.5) is 16.2 Å². The summed E-state index contributed by atoms with van der Waals surface area (Å²) in [7, 11) is 2.11. The second kappa shape index (κ2) is 17.5. The molecule has 1 aromatic carbocycles. The molecule has 3 heterocycles. The number of anilines is 1. The second-order valence-electron chi connectivity index (χ2n) is 12.2. The van der Waals surface area contributed by atoms with Crippen LogP contribution in [0.3, 0.4) is 0 Å². The van der Waals surface area contributed by atoms with Gasteiger partial charge in [-0.2, -0.15) is 0 Å². The molecule has 2 aromatic rings. The maximum absolute atomic E-state index is 13.9. The third-order valence-corrected chi connectivity index (χ3v) is 9.36. The normalized spacial score (nSPS) is 15.7. The number of amides is 1. The van der Waals surface area contributed by atoms with E-state index in [1.165, 1.54) is 57.8 Å². The molecule has 1 unspecified atom stereocenters. The van der Waals surface area contributed by atoms with Crippen molar-refractivity contribution in [2.24, 2.45) is 4.99 Å². The summed E-state index contributed by atoms with van der Waals surface area (Å²) in [4.78, 5) is 38.8. The zero-order chi connectivity index (χ0) is 31.3. The van der Waals surface area contributed by atoms with Crippen LogP contribution in [0.15, 0.2) is 35.3 Å². The maximum atomic E-state index is 13.9. The number of nitrogens with zero attached hydrogens (tertiary/aromatic N) is 4. The molecule has 0 N–H and O–H groups in total. The first-order valence-corrected chi connectivity index (χ1v) is 17.6. The van der Waals surface area contributed by atoms with Gasteiger partial charge in [0.2, 0.25) is 6.29 Å². The van der Waals surface area contributed by atoms with Gasteiger partial charge in [0.05, 0.1) is 16.6 Å². The van der Waals surface area contributed by atoms with Crippen molar-refractivity contribution in [1.29, 1.82) is 0 Å². The van der Waals surface area contributed by atoms with Crippen molar-refractivity contribution in [1.82, 2.24) is 9.80 Å². The summed E-state index contributed by atoms with van der Waals surface area (Å²) in [6, 6.07) is 9.73. The number of benzene rings is 1. The molecule has 242 valence electrons. The minimum absolute atomic E-state index is 0.331. The fraction of sp³-hybridized carbons (Fsp3) is 0.629. The molecular formula is C35H52N4O4S. The van der Waals surface area contributed by atoms with Crippen molar-refractivity contribution in [3.63, 3.8) is 0 Å². The number of rotatable bonds is 16. The van der Waals surface area contributed by atoms with Gasteiger partial charge in [-0.1, -0.05) is 89.7 Å². The van der Waals surface area contributed by atoms with Crippen molar-refractivity contribution in [2.75, 3.05) is 38.1 Å². The van der Waals surface area contributed by atoms with Crippen molar-refractivity contribution >= 4 is 40.6 Å². The molecule has 9 heteroatoms. The van der Waals surface area contributed by atoms with Gasteiger partial charge in [-0.05, 0) is 38.6 Å². The highest BCUT2D eigenvalue weighted by atomic mass is 32.1. The summed E-state index contributed by atoms with van der Waals surface area (Å²) in [5.41, 5.74) is 1.36. The number of ether oxygens (including phenoxy) is 2. The van der Waals surface area contributed by atoms with Crippen LogP contribution >= 0.6 is 11.3 Å².